The summed E-state index contributed by atoms with van der Waals surface area (Å²) >= 11 is 3.27. The molecule has 3 aromatic rings. The Hall–Kier alpha value is -2.28. The van der Waals surface area contributed by atoms with E-state index >= 15 is 0 Å². The van der Waals surface area contributed by atoms with Crippen molar-refractivity contribution in [2.24, 2.45) is 0 Å². The highest BCUT2D eigenvalue weighted by Gasteiger charge is 2.31. The molecule has 1 fully saturated rings. The molecule has 4 rings (SSSR count). The smallest absolute Gasteiger partial charge is 0.242 e. The molecule has 3 aromatic carbocycles. The number of hydrazine groups is 1. The minimum Gasteiger partial charge on any atom is -0.324 e. The summed E-state index contributed by atoms with van der Waals surface area (Å²) in [5.41, 5.74) is 8.00. The van der Waals surface area contributed by atoms with Crippen LogP contribution in [0.5, 0.6) is 0 Å². The number of fused-ring (bicyclic) bond motifs is 1. The van der Waals surface area contributed by atoms with Crippen LogP contribution in [0.1, 0.15) is 18.0 Å². The van der Waals surface area contributed by atoms with Crippen LogP contribution < -0.4 is 16.2 Å². The molecule has 0 radical (unpaired) electrons. The summed E-state index contributed by atoms with van der Waals surface area (Å²) in [6, 6.07) is 18.2. The predicted molar refractivity (Wildman–Crippen MR) is 104 cm³/mol. The van der Waals surface area contributed by atoms with Gasteiger partial charge in [0.2, 0.25) is 5.91 Å². The number of anilines is 1. The average molecular weight is 414 g/mol. The summed E-state index contributed by atoms with van der Waals surface area (Å²) in [5, 5.41) is 5.19. The molecule has 0 spiro atoms. The number of carbonyl (C=O) groups excluding carboxylic acids is 1. The van der Waals surface area contributed by atoms with Gasteiger partial charge in [0.05, 0.1) is 5.69 Å². The SMILES string of the molecule is O=C(Nc1ccc(F)cc1Br)C1CC(c2cccc3ccccc23)NN1. The zero-order chi connectivity index (χ0) is 18.1. The second kappa shape index (κ2) is 7.15. The molecule has 2 atom stereocenters. The fourth-order valence-electron chi connectivity index (χ4n) is 3.30. The number of amides is 1. The van der Waals surface area contributed by atoms with Crippen LogP contribution >= 0.6 is 15.9 Å². The van der Waals surface area contributed by atoms with Crippen molar-refractivity contribution in [3.8, 4) is 0 Å². The third-order valence-electron chi connectivity index (χ3n) is 4.61. The van der Waals surface area contributed by atoms with Crippen molar-refractivity contribution >= 4 is 38.3 Å². The van der Waals surface area contributed by atoms with E-state index in [2.05, 4.69) is 56.4 Å². The van der Waals surface area contributed by atoms with Gasteiger partial charge in [-0.25, -0.2) is 15.2 Å². The van der Waals surface area contributed by atoms with Gasteiger partial charge in [0.15, 0.2) is 0 Å². The first-order valence-corrected chi connectivity index (χ1v) is 9.16. The van der Waals surface area contributed by atoms with E-state index in [-0.39, 0.29) is 23.8 Å². The van der Waals surface area contributed by atoms with Crippen LogP contribution in [0.25, 0.3) is 10.8 Å². The molecule has 1 amide bonds. The first-order chi connectivity index (χ1) is 12.6. The van der Waals surface area contributed by atoms with Crippen LogP contribution in [-0.2, 0) is 4.79 Å². The molecule has 1 heterocycles. The van der Waals surface area contributed by atoms with Crippen molar-refractivity contribution in [3.63, 3.8) is 0 Å². The molecular formula is C20H17BrFN3O. The lowest BCUT2D eigenvalue weighted by atomic mass is 9.96. The molecule has 6 heteroatoms. The van der Waals surface area contributed by atoms with Crippen molar-refractivity contribution in [2.45, 2.75) is 18.5 Å². The molecule has 0 aliphatic carbocycles. The van der Waals surface area contributed by atoms with Crippen molar-refractivity contribution in [1.29, 1.82) is 0 Å². The lowest BCUT2D eigenvalue weighted by Crippen LogP contribution is -2.39. The maximum Gasteiger partial charge on any atom is 0.242 e. The predicted octanol–water partition coefficient (Wildman–Crippen LogP) is 4.29. The van der Waals surface area contributed by atoms with E-state index in [4.69, 9.17) is 0 Å². The molecule has 26 heavy (non-hydrogen) atoms. The first kappa shape index (κ1) is 17.1. The van der Waals surface area contributed by atoms with Crippen molar-refractivity contribution in [2.75, 3.05) is 5.32 Å². The molecular weight excluding hydrogens is 397 g/mol. The fourth-order valence-corrected chi connectivity index (χ4v) is 3.75. The molecule has 0 aromatic heterocycles. The van der Waals surface area contributed by atoms with E-state index in [9.17, 15) is 9.18 Å². The molecule has 1 saturated heterocycles. The maximum absolute atomic E-state index is 13.2. The largest absolute Gasteiger partial charge is 0.324 e. The second-order valence-corrected chi connectivity index (χ2v) is 7.17. The van der Waals surface area contributed by atoms with Gasteiger partial charge in [0.25, 0.3) is 0 Å². The van der Waals surface area contributed by atoms with Crippen LogP contribution in [0, 0.1) is 5.82 Å². The van der Waals surface area contributed by atoms with Gasteiger partial charge >= 0.3 is 0 Å². The zero-order valence-corrected chi connectivity index (χ0v) is 15.4. The molecule has 2 unspecified atom stereocenters. The summed E-state index contributed by atoms with van der Waals surface area (Å²) in [7, 11) is 0. The van der Waals surface area contributed by atoms with E-state index in [1.165, 1.54) is 22.9 Å². The van der Waals surface area contributed by atoms with Gasteiger partial charge in [-0.1, -0.05) is 42.5 Å². The van der Waals surface area contributed by atoms with Gasteiger partial charge in [0, 0.05) is 10.5 Å². The Morgan fingerprint density at radius 1 is 1.08 bits per heavy atom. The Bertz CT molecular complexity index is 973. The lowest BCUT2D eigenvalue weighted by molar-refractivity contribution is -0.117. The van der Waals surface area contributed by atoms with Crippen LogP contribution in [-0.4, -0.2) is 11.9 Å². The van der Waals surface area contributed by atoms with Gasteiger partial charge in [0.1, 0.15) is 11.9 Å². The molecule has 132 valence electrons. The van der Waals surface area contributed by atoms with Crippen LogP contribution in [0.15, 0.2) is 65.1 Å². The number of hydrogen-bond acceptors (Lipinski definition) is 3. The molecule has 1 aliphatic heterocycles. The highest BCUT2D eigenvalue weighted by molar-refractivity contribution is 9.10. The average Bonchev–Trinajstić information content (AvgIpc) is 3.13. The Morgan fingerprint density at radius 3 is 2.73 bits per heavy atom. The van der Waals surface area contributed by atoms with Crippen molar-refractivity contribution in [3.05, 3.63) is 76.5 Å². The second-order valence-electron chi connectivity index (χ2n) is 6.31. The van der Waals surface area contributed by atoms with Gasteiger partial charge in [-0.3, -0.25) is 4.79 Å². The summed E-state index contributed by atoms with van der Waals surface area (Å²) in [4.78, 5) is 12.6. The Morgan fingerprint density at radius 2 is 1.88 bits per heavy atom. The zero-order valence-electron chi connectivity index (χ0n) is 13.8. The Balaban J connectivity index is 1.50. The van der Waals surface area contributed by atoms with E-state index in [0.717, 1.165) is 5.56 Å². The van der Waals surface area contributed by atoms with Gasteiger partial charge in [-0.05, 0) is 56.9 Å². The van der Waals surface area contributed by atoms with E-state index in [1.54, 1.807) is 6.07 Å². The molecule has 0 bridgehead atoms. The van der Waals surface area contributed by atoms with Crippen LogP contribution in [0.2, 0.25) is 0 Å². The molecule has 4 nitrogen and oxygen atoms in total. The third kappa shape index (κ3) is 3.35. The normalized spacial score (nSPS) is 19.6. The number of hydrogen-bond donors (Lipinski definition) is 3. The van der Waals surface area contributed by atoms with E-state index < -0.39 is 0 Å². The van der Waals surface area contributed by atoms with Gasteiger partial charge in [-0.2, -0.15) is 0 Å². The first-order valence-electron chi connectivity index (χ1n) is 8.36. The van der Waals surface area contributed by atoms with Crippen molar-refractivity contribution in [1.82, 2.24) is 10.9 Å². The van der Waals surface area contributed by atoms with Gasteiger partial charge < -0.3 is 5.32 Å². The molecule has 3 N–H and O–H groups in total. The summed E-state index contributed by atoms with van der Waals surface area (Å²) < 4.78 is 13.7. The minimum absolute atomic E-state index is 0.0357. The summed E-state index contributed by atoms with van der Waals surface area (Å²) in [6.45, 7) is 0. The number of benzene rings is 3. The van der Waals surface area contributed by atoms with Crippen LogP contribution in [0.4, 0.5) is 10.1 Å². The number of halogens is 2. The van der Waals surface area contributed by atoms with Crippen LogP contribution in [0.3, 0.4) is 0 Å². The number of nitrogens with one attached hydrogen (secondary N) is 3. The standard InChI is InChI=1S/C20H17BrFN3O/c21-16-10-13(22)8-9-17(16)23-20(26)19-11-18(24-25-19)15-7-3-5-12-4-1-2-6-14(12)15/h1-10,18-19,24-25H,11H2,(H,23,26). The topological polar surface area (TPSA) is 53.2 Å². The monoisotopic (exact) mass is 413 g/mol. The Kier molecular flexibility index (Phi) is 4.72. The highest BCUT2D eigenvalue weighted by Crippen LogP contribution is 2.30. The highest BCUT2D eigenvalue weighted by atomic mass is 79.9. The molecule has 0 saturated carbocycles. The number of carbonyl (C=O) groups is 1. The minimum atomic E-state index is -0.379. The molecule has 1 aliphatic rings. The van der Waals surface area contributed by atoms with Gasteiger partial charge in [-0.15, -0.1) is 0 Å². The fraction of sp³-hybridized carbons (Fsp3) is 0.150. The quantitative estimate of drug-likeness (QED) is 0.600. The third-order valence-corrected chi connectivity index (χ3v) is 5.26. The summed E-state index contributed by atoms with van der Waals surface area (Å²) in [5.74, 6) is -0.515. The van der Waals surface area contributed by atoms with E-state index in [0.29, 0.717) is 16.6 Å². The van der Waals surface area contributed by atoms with E-state index in [1.807, 2.05) is 18.2 Å². The van der Waals surface area contributed by atoms with Crippen molar-refractivity contribution < 1.29 is 9.18 Å². The lowest BCUT2D eigenvalue weighted by Gasteiger charge is -2.13. The Labute approximate surface area is 158 Å². The summed E-state index contributed by atoms with van der Waals surface area (Å²) in [6.07, 6.45) is 0.624. The number of rotatable bonds is 3. The maximum atomic E-state index is 13.2.